The van der Waals surface area contributed by atoms with Crippen LogP contribution in [-0.2, 0) is 15.8 Å². The third kappa shape index (κ3) is 4.14. The Labute approximate surface area is 167 Å². The number of carbonyl (C=O) groups excluding carboxylic acids is 1. The molecule has 1 amide bonds. The molecule has 0 spiro atoms. The van der Waals surface area contributed by atoms with Gasteiger partial charge in [-0.3, -0.25) is 18.7 Å². The summed E-state index contributed by atoms with van der Waals surface area (Å²) in [6.45, 7) is 1.40. The number of nitrogens with one attached hydrogen (secondary N) is 1. The van der Waals surface area contributed by atoms with E-state index in [1.807, 2.05) is 0 Å². The van der Waals surface area contributed by atoms with Gasteiger partial charge in [0, 0.05) is 19.3 Å². The zero-order valence-corrected chi connectivity index (χ0v) is 16.4. The SMILES string of the molecule is O=C(c1ccc2ncc(NS(=O)(=O)Cc3ccccc3)c(=O)n2c1)N1CCCC1. The van der Waals surface area contributed by atoms with Crippen LogP contribution in [0.25, 0.3) is 5.65 Å². The molecule has 0 atom stereocenters. The molecule has 0 aliphatic carbocycles. The fourth-order valence-electron chi connectivity index (χ4n) is 3.37. The molecule has 1 fully saturated rings. The normalized spacial score (nSPS) is 14.3. The number of hydrogen-bond donors (Lipinski definition) is 1. The highest BCUT2D eigenvalue weighted by Crippen LogP contribution is 2.14. The molecule has 8 nitrogen and oxygen atoms in total. The number of fused-ring (bicyclic) bond motifs is 1. The Bertz CT molecular complexity index is 1220. The van der Waals surface area contributed by atoms with E-state index < -0.39 is 15.6 Å². The lowest BCUT2D eigenvalue weighted by molar-refractivity contribution is 0.0792. The van der Waals surface area contributed by atoms with Crippen molar-refractivity contribution in [2.75, 3.05) is 17.8 Å². The van der Waals surface area contributed by atoms with Crippen molar-refractivity contribution in [3.8, 4) is 0 Å². The molecule has 0 radical (unpaired) electrons. The first kappa shape index (κ1) is 19.1. The molecule has 1 N–H and O–H groups in total. The third-order valence-electron chi connectivity index (χ3n) is 4.81. The number of aromatic nitrogens is 2. The lowest BCUT2D eigenvalue weighted by Crippen LogP contribution is -2.29. The van der Waals surface area contributed by atoms with Crippen LogP contribution in [0.1, 0.15) is 28.8 Å². The molecule has 3 heterocycles. The second kappa shape index (κ2) is 7.67. The number of sulfonamides is 1. The van der Waals surface area contributed by atoms with E-state index in [1.165, 1.54) is 16.8 Å². The van der Waals surface area contributed by atoms with Crippen LogP contribution in [0.2, 0.25) is 0 Å². The number of anilines is 1. The van der Waals surface area contributed by atoms with Crippen molar-refractivity contribution in [3.05, 3.63) is 76.3 Å². The monoisotopic (exact) mass is 412 g/mol. The maximum absolute atomic E-state index is 12.8. The molecule has 150 valence electrons. The van der Waals surface area contributed by atoms with Gasteiger partial charge in [0.25, 0.3) is 11.5 Å². The average molecular weight is 412 g/mol. The van der Waals surface area contributed by atoms with Gasteiger partial charge in [-0.05, 0) is 30.5 Å². The minimum Gasteiger partial charge on any atom is -0.339 e. The van der Waals surface area contributed by atoms with Crippen molar-refractivity contribution >= 4 is 27.3 Å². The van der Waals surface area contributed by atoms with Gasteiger partial charge in [0.1, 0.15) is 11.3 Å². The second-order valence-corrected chi connectivity index (χ2v) is 8.69. The number of hydrogen-bond acceptors (Lipinski definition) is 5. The number of benzene rings is 1. The fourth-order valence-corrected chi connectivity index (χ4v) is 4.55. The summed E-state index contributed by atoms with van der Waals surface area (Å²) in [5.41, 5.74) is 0.561. The van der Waals surface area contributed by atoms with Crippen molar-refractivity contribution in [2.24, 2.45) is 0 Å². The highest BCUT2D eigenvalue weighted by atomic mass is 32.2. The molecule has 0 saturated carbocycles. The van der Waals surface area contributed by atoms with Gasteiger partial charge in [-0.25, -0.2) is 13.4 Å². The third-order valence-corrected chi connectivity index (χ3v) is 6.05. The van der Waals surface area contributed by atoms with Gasteiger partial charge in [-0.1, -0.05) is 30.3 Å². The average Bonchev–Trinajstić information content (AvgIpc) is 3.24. The lowest BCUT2D eigenvalue weighted by Gasteiger charge is -2.15. The molecular weight excluding hydrogens is 392 g/mol. The summed E-state index contributed by atoms with van der Waals surface area (Å²) >= 11 is 0. The van der Waals surface area contributed by atoms with Crippen molar-refractivity contribution in [1.82, 2.24) is 14.3 Å². The molecule has 9 heteroatoms. The summed E-state index contributed by atoms with van der Waals surface area (Å²) in [4.78, 5) is 31.3. The fraction of sp³-hybridized carbons (Fsp3) is 0.250. The highest BCUT2D eigenvalue weighted by molar-refractivity contribution is 7.91. The van der Waals surface area contributed by atoms with E-state index in [1.54, 1.807) is 47.4 Å². The zero-order valence-electron chi connectivity index (χ0n) is 15.6. The van der Waals surface area contributed by atoms with E-state index in [4.69, 9.17) is 0 Å². The molecule has 2 aromatic heterocycles. The van der Waals surface area contributed by atoms with Gasteiger partial charge in [-0.15, -0.1) is 0 Å². The van der Waals surface area contributed by atoms with E-state index in [0.717, 1.165) is 12.8 Å². The molecule has 0 unspecified atom stereocenters. The van der Waals surface area contributed by atoms with Gasteiger partial charge in [-0.2, -0.15) is 0 Å². The van der Waals surface area contributed by atoms with Crippen LogP contribution < -0.4 is 10.3 Å². The first-order chi connectivity index (χ1) is 13.9. The lowest BCUT2D eigenvalue weighted by atomic mass is 10.2. The van der Waals surface area contributed by atoms with Crippen LogP contribution >= 0.6 is 0 Å². The first-order valence-electron chi connectivity index (χ1n) is 9.28. The van der Waals surface area contributed by atoms with E-state index >= 15 is 0 Å². The molecule has 0 bridgehead atoms. The standard InChI is InChI=1S/C20H20N4O4S/c25-19(23-10-4-5-11-23)16-8-9-18-21-12-17(20(26)24(18)13-16)22-29(27,28)14-15-6-2-1-3-7-15/h1-3,6-9,12-13,22H,4-5,10-11,14H2. The summed E-state index contributed by atoms with van der Waals surface area (Å²) in [6.07, 6.45) is 4.55. The van der Waals surface area contributed by atoms with Crippen LogP contribution in [0.4, 0.5) is 5.69 Å². The molecule has 1 aliphatic heterocycles. The van der Waals surface area contributed by atoms with Gasteiger partial charge in [0.2, 0.25) is 10.0 Å². The van der Waals surface area contributed by atoms with E-state index in [-0.39, 0.29) is 17.3 Å². The molecule has 1 aromatic carbocycles. The van der Waals surface area contributed by atoms with Gasteiger partial charge in [0.05, 0.1) is 17.5 Å². The maximum Gasteiger partial charge on any atom is 0.282 e. The van der Waals surface area contributed by atoms with Crippen LogP contribution in [0.3, 0.4) is 0 Å². The summed E-state index contributed by atoms with van der Waals surface area (Å²) in [7, 11) is -3.80. The summed E-state index contributed by atoms with van der Waals surface area (Å²) in [5, 5.41) is 0. The van der Waals surface area contributed by atoms with Gasteiger partial charge >= 0.3 is 0 Å². The second-order valence-electron chi connectivity index (χ2n) is 6.97. The minimum absolute atomic E-state index is 0.147. The Morgan fingerprint density at radius 1 is 1.07 bits per heavy atom. The van der Waals surface area contributed by atoms with Crippen molar-refractivity contribution in [3.63, 3.8) is 0 Å². The molecule has 29 heavy (non-hydrogen) atoms. The van der Waals surface area contributed by atoms with Gasteiger partial charge < -0.3 is 4.90 Å². The zero-order chi connectivity index (χ0) is 20.4. The van der Waals surface area contributed by atoms with E-state index in [0.29, 0.717) is 29.9 Å². The van der Waals surface area contributed by atoms with E-state index in [9.17, 15) is 18.0 Å². The predicted molar refractivity (Wildman–Crippen MR) is 109 cm³/mol. The Kier molecular flexibility index (Phi) is 5.06. The Balaban J connectivity index is 1.64. The Hall–Kier alpha value is -3.20. The van der Waals surface area contributed by atoms with Crippen molar-refractivity contribution in [1.29, 1.82) is 0 Å². The van der Waals surface area contributed by atoms with Crippen LogP contribution in [0.15, 0.2) is 59.7 Å². The first-order valence-corrected chi connectivity index (χ1v) is 10.9. The minimum atomic E-state index is -3.80. The van der Waals surface area contributed by atoms with Crippen LogP contribution in [-0.4, -0.2) is 41.7 Å². The molecule has 1 aliphatic rings. The Morgan fingerprint density at radius 2 is 1.79 bits per heavy atom. The molecule has 1 saturated heterocycles. The van der Waals surface area contributed by atoms with E-state index in [2.05, 4.69) is 9.71 Å². The number of amides is 1. The molecule has 4 rings (SSSR count). The van der Waals surface area contributed by atoms with Crippen molar-refractivity contribution in [2.45, 2.75) is 18.6 Å². The largest absolute Gasteiger partial charge is 0.339 e. The summed E-state index contributed by atoms with van der Waals surface area (Å²) < 4.78 is 28.4. The predicted octanol–water partition coefficient (Wildman–Crippen LogP) is 1.87. The van der Waals surface area contributed by atoms with Crippen LogP contribution in [0, 0.1) is 0 Å². The van der Waals surface area contributed by atoms with Gasteiger partial charge in [0.15, 0.2) is 0 Å². The molecular formula is C20H20N4O4S. The van der Waals surface area contributed by atoms with Crippen LogP contribution in [0.5, 0.6) is 0 Å². The maximum atomic E-state index is 12.8. The topological polar surface area (TPSA) is 101 Å². The summed E-state index contributed by atoms with van der Waals surface area (Å²) in [5.74, 6) is -0.407. The number of pyridine rings is 1. The summed E-state index contributed by atoms with van der Waals surface area (Å²) in [6, 6.07) is 11.9. The van der Waals surface area contributed by atoms with Crippen molar-refractivity contribution < 1.29 is 13.2 Å². The Morgan fingerprint density at radius 3 is 2.52 bits per heavy atom. The number of carbonyl (C=O) groups is 1. The smallest absolute Gasteiger partial charge is 0.282 e. The number of likely N-dealkylation sites (tertiary alicyclic amines) is 1. The quantitative estimate of drug-likeness (QED) is 0.690. The highest BCUT2D eigenvalue weighted by Gasteiger charge is 2.21. The number of rotatable bonds is 5. The molecule has 3 aromatic rings. The number of nitrogens with zero attached hydrogens (tertiary/aromatic N) is 3.